The van der Waals surface area contributed by atoms with E-state index in [-0.39, 0.29) is 0 Å². The maximum atomic E-state index is 5.23. The largest absolute Gasteiger partial charge is 0.365 e. The van der Waals surface area contributed by atoms with Crippen molar-refractivity contribution in [2.45, 2.75) is 19.9 Å². The molecule has 0 aliphatic carbocycles. The van der Waals surface area contributed by atoms with Crippen LogP contribution >= 0.6 is 11.3 Å². The number of aromatic amines is 1. The van der Waals surface area contributed by atoms with Crippen LogP contribution in [0.3, 0.4) is 0 Å². The summed E-state index contributed by atoms with van der Waals surface area (Å²) in [5, 5.41) is 15.1. The van der Waals surface area contributed by atoms with E-state index in [9.17, 15) is 0 Å². The van der Waals surface area contributed by atoms with E-state index < -0.39 is 0 Å². The van der Waals surface area contributed by atoms with Gasteiger partial charge < -0.3 is 14.7 Å². The van der Waals surface area contributed by atoms with E-state index in [1.165, 1.54) is 4.88 Å². The third-order valence-electron chi connectivity index (χ3n) is 3.61. The van der Waals surface area contributed by atoms with E-state index in [4.69, 9.17) is 4.52 Å². The first-order chi connectivity index (χ1) is 10.7. The zero-order chi connectivity index (χ0) is 15.1. The van der Waals surface area contributed by atoms with Crippen LogP contribution in [0.2, 0.25) is 0 Å². The number of nitrogens with zero attached hydrogens (tertiary/aromatic N) is 5. The molecule has 1 aliphatic heterocycles. The molecule has 3 aromatic rings. The van der Waals surface area contributed by atoms with Crippen LogP contribution in [-0.4, -0.2) is 38.9 Å². The van der Waals surface area contributed by atoms with Gasteiger partial charge in [-0.25, -0.2) is 4.98 Å². The number of H-pyrrole nitrogens is 1. The van der Waals surface area contributed by atoms with E-state index in [1.54, 1.807) is 11.3 Å². The van der Waals surface area contributed by atoms with Crippen molar-refractivity contribution in [1.29, 1.82) is 0 Å². The van der Waals surface area contributed by atoms with Crippen molar-refractivity contribution >= 4 is 22.3 Å². The van der Waals surface area contributed by atoms with Crippen LogP contribution in [0.5, 0.6) is 0 Å². The SMILES string of the molecule is CNc1nc2c(s1)CCN(Cc1nc(C)no1)c1[nH]ncc1-2. The average molecular weight is 317 g/mol. The van der Waals surface area contributed by atoms with Gasteiger partial charge in [0.25, 0.3) is 0 Å². The molecule has 0 saturated carbocycles. The lowest BCUT2D eigenvalue weighted by Crippen LogP contribution is -2.25. The fraction of sp³-hybridized carbons (Fsp3) is 0.385. The van der Waals surface area contributed by atoms with Crippen LogP contribution in [0, 0.1) is 6.92 Å². The molecule has 4 rings (SSSR count). The first kappa shape index (κ1) is 13.3. The molecule has 0 saturated heterocycles. The van der Waals surface area contributed by atoms with Gasteiger partial charge in [-0.3, -0.25) is 5.10 Å². The molecule has 0 amide bonds. The Kier molecular flexibility index (Phi) is 3.07. The number of aryl methyl sites for hydroxylation is 1. The lowest BCUT2D eigenvalue weighted by Gasteiger charge is -2.19. The topological polar surface area (TPSA) is 95.8 Å². The third-order valence-corrected chi connectivity index (χ3v) is 4.74. The zero-order valence-corrected chi connectivity index (χ0v) is 13.1. The second-order valence-electron chi connectivity index (χ2n) is 5.08. The maximum absolute atomic E-state index is 5.23. The van der Waals surface area contributed by atoms with E-state index in [0.29, 0.717) is 18.3 Å². The summed E-state index contributed by atoms with van der Waals surface area (Å²) in [7, 11) is 1.89. The fourth-order valence-electron chi connectivity index (χ4n) is 2.61. The minimum absolute atomic E-state index is 0.559. The standard InChI is InChI=1S/C13H15N7OS/c1-7-16-10(21-19-7)6-20-4-3-9-11(17-13(14-2)22-9)8-5-15-18-12(8)20/h5H,3-4,6H2,1-2H3,(H,14,17)(H,15,18). The third kappa shape index (κ3) is 2.13. The average Bonchev–Trinajstić information content (AvgIpc) is 3.20. The van der Waals surface area contributed by atoms with Crippen LogP contribution in [-0.2, 0) is 13.0 Å². The summed E-state index contributed by atoms with van der Waals surface area (Å²) in [6.45, 7) is 3.22. The van der Waals surface area contributed by atoms with Gasteiger partial charge in [0.05, 0.1) is 24.0 Å². The van der Waals surface area contributed by atoms with Crippen molar-refractivity contribution in [2.75, 3.05) is 23.8 Å². The van der Waals surface area contributed by atoms with Gasteiger partial charge in [-0.1, -0.05) is 5.16 Å². The van der Waals surface area contributed by atoms with Crippen molar-refractivity contribution < 1.29 is 4.52 Å². The van der Waals surface area contributed by atoms with Gasteiger partial charge in [0.2, 0.25) is 5.89 Å². The van der Waals surface area contributed by atoms with E-state index >= 15 is 0 Å². The molecule has 0 spiro atoms. The molecule has 22 heavy (non-hydrogen) atoms. The Bertz CT molecular complexity index is 805. The Morgan fingerprint density at radius 2 is 2.36 bits per heavy atom. The van der Waals surface area contributed by atoms with Crippen molar-refractivity contribution in [1.82, 2.24) is 25.3 Å². The van der Waals surface area contributed by atoms with Crippen LogP contribution in [0.4, 0.5) is 10.9 Å². The Morgan fingerprint density at radius 1 is 1.45 bits per heavy atom. The van der Waals surface area contributed by atoms with Crippen molar-refractivity contribution in [3.8, 4) is 11.3 Å². The smallest absolute Gasteiger partial charge is 0.246 e. The summed E-state index contributed by atoms with van der Waals surface area (Å²) in [6.07, 6.45) is 2.75. The zero-order valence-electron chi connectivity index (χ0n) is 12.3. The molecule has 9 heteroatoms. The minimum Gasteiger partial charge on any atom is -0.365 e. The number of rotatable bonds is 3. The molecule has 4 heterocycles. The van der Waals surface area contributed by atoms with Gasteiger partial charge in [-0.05, 0) is 6.92 Å². The predicted molar refractivity (Wildman–Crippen MR) is 83.0 cm³/mol. The molecule has 0 fully saturated rings. The Labute approximate surface area is 130 Å². The van der Waals surface area contributed by atoms with Gasteiger partial charge in [0, 0.05) is 24.9 Å². The Hall–Kier alpha value is -2.42. The Morgan fingerprint density at radius 3 is 3.14 bits per heavy atom. The van der Waals surface area contributed by atoms with E-state index in [1.807, 2.05) is 20.2 Å². The first-order valence-electron chi connectivity index (χ1n) is 7.00. The molecule has 0 atom stereocenters. The highest BCUT2D eigenvalue weighted by atomic mass is 32.1. The van der Waals surface area contributed by atoms with Crippen molar-refractivity contribution in [2.24, 2.45) is 0 Å². The highest BCUT2D eigenvalue weighted by Crippen LogP contribution is 2.38. The summed E-state index contributed by atoms with van der Waals surface area (Å²) in [6, 6.07) is 0. The molecule has 0 aromatic carbocycles. The lowest BCUT2D eigenvalue weighted by molar-refractivity contribution is 0.372. The number of hydrogen-bond acceptors (Lipinski definition) is 8. The molecular weight excluding hydrogens is 302 g/mol. The van der Waals surface area contributed by atoms with Gasteiger partial charge in [-0.2, -0.15) is 10.1 Å². The number of nitrogens with one attached hydrogen (secondary N) is 2. The summed E-state index contributed by atoms with van der Waals surface area (Å²) >= 11 is 1.69. The highest BCUT2D eigenvalue weighted by molar-refractivity contribution is 7.16. The minimum atomic E-state index is 0.559. The monoisotopic (exact) mass is 317 g/mol. The lowest BCUT2D eigenvalue weighted by atomic mass is 10.2. The number of aromatic nitrogens is 5. The van der Waals surface area contributed by atoms with Crippen LogP contribution in [0.1, 0.15) is 16.6 Å². The van der Waals surface area contributed by atoms with Gasteiger partial charge in [0.1, 0.15) is 5.82 Å². The summed E-state index contributed by atoms with van der Waals surface area (Å²) < 4.78 is 5.23. The molecule has 114 valence electrons. The highest BCUT2D eigenvalue weighted by Gasteiger charge is 2.26. The number of fused-ring (bicyclic) bond motifs is 3. The van der Waals surface area contributed by atoms with Crippen LogP contribution in [0.15, 0.2) is 10.7 Å². The molecule has 0 unspecified atom stereocenters. The summed E-state index contributed by atoms with van der Waals surface area (Å²) in [5.74, 6) is 2.20. The molecule has 1 aliphatic rings. The normalized spacial score (nSPS) is 13.6. The molecule has 8 nitrogen and oxygen atoms in total. The van der Waals surface area contributed by atoms with Crippen molar-refractivity contribution in [3.63, 3.8) is 0 Å². The predicted octanol–water partition coefficient (Wildman–Crippen LogP) is 1.83. The fourth-order valence-corrected chi connectivity index (χ4v) is 3.52. The van der Waals surface area contributed by atoms with E-state index in [2.05, 4.69) is 35.5 Å². The van der Waals surface area contributed by atoms with Gasteiger partial charge >= 0.3 is 0 Å². The van der Waals surface area contributed by atoms with Crippen LogP contribution in [0.25, 0.3) is 11.3 Å². The second-order valence-corrected chi connectivity index (χ2v) is 6.16. The summed E-state index contributed by atoms with van der Waals surface area (Å²) in [4.78, 5) is 12.4. The molecule has 3 aromatic heterocycles. The molecular formula is C13H15N7OS. The van der Waals surface area contributed by atoms with Crippen LogP contribution < -0.4 is 10.2 Å². The second kappa shape index (κ2) is 5.09. The number of hydrogen-bond donors (Lipinski definition) is 2. The van der Waals surface area contributed by atoms with E-state index in [0.717, 1.165) is 35.2 Å². The first-order valence-corrected chi connectivity index (χ1v) is 7.81. The number of thiazole rings is 1. The quantitative estimate of drug-likeness (QED) is 0.760. The maximum Gasteiger partial charge on any atom is 0.246 e. The Balaban J connectivity index is 1.70. The van der Waals surface area contributed by atoms with Crippen molar-refractivity contribution in [3.05, 3.63) is 22.8 Å². The van der Waals surface area contributed by atoms with Gasteiger partial charge in [0.15, 0.2) is 11.0 Å². The van der Waals surface area contributed by atoms with Gasteiger partial charge in [-0.15, -0.1) is 11.3 Å². The number of anilines is 2. The molecule has 0 bridgehead atoms. The molecule has 0 radical (unpaired) electrons. The summed E-state index contributed by atoms with van der Waals surface area (Å²) in [5.41, 5.74) is 2.02. The molecule has 2 N–H and O–H groups in total.